The Hall–Kier alpha value is -2.59. The minimum Gasteiger partial charge on any atom is -0.493 e. The van der Waals surface area contributed by atoms with Crippen LogP contribution in [0.1, 0.15) is 41.7 Å². The molecule has 0 aliphatic heterocycles. The minimum atomic E-state index is 0.295. The summed E-state index contributed by atoms with van der Waals surface area (Å²) in [5.41, 5.74) is 3.43. The van der Waals surface area contributed by atoms with Crippen molar-refractivity contribution in [2.75, 3.05) is 7.11 Å². The molecule has 3 aromatic rings. The highest BCUT2D eigenvalue weighted by atomic mass is 32.1. The second-order valence-electron chi connectivity index (χ2n) is 6.71. The molecule has 0 saturated heterocycles. The second kappa shape index (κ2) is 8.40. The van der Waals surface area contributed by atoms with Gasteiger partial charge < -0.3 is 9.47 Å². The lowest BCUT2D eigenvalue weighted by Crippen LogP contribution is -2.11. The number of rotatable bonds is 6. The number of nitrogens with zero attached hydrogens (tertiary/aromatic N) is 1. The Labute approximate surface area is 164 Å². The lowest BCUT2D eigenvalue weighted by Gasteiger charge is -2.17. The standard InChI is InChI=1S/C23H23NO2S/c1-25-21-9-8-18(16-22(21)26-19-5-2-3-6-19)20(23-7-4-14-27-23)15-17-10-12-24-13-11-17/h4,7-16,19H,2-3,5-6H2,1H3/b20-15-. The zero-order valence-corrected chi connectivity index (χ0v) is 16.2. The fourth-order valence-electron chi connectivity index (χ4n) is 3.48. The van der Waals surface area contributed by atoms with E-state index >= 15 is 0 Å². The van der Waals surface area contributed by atoms with Crippen molar-refractivity contribution in [3.63, 3.8) is 0 Å². The van der Waals surface area contributed by atoms with Gasteiger partial charge in [-0.3, -0.25) is 4.98 Å². The van der Waals surface area contributed by atoms with Crippen LogP contribution in [0.15, 0.2) is 60.2 Å². The third-order valence-corrected chi connectivity index (χ3v) is 5.78. The monoisotopic (exact) mass is 377 g/mol. The van der Waals surface area contributed by atoms with Crippen LogP contribution in [0.2, 0.25) is 0 Å². The molecule has 0 atom stereocenters. The van der Waals surface area contributed by atoms with Crippen molar-refractivity contribution in [1.29, 1.82) is 0 Å². The van der Waals surface area contributed by atoms with Crippen LogP contribution in [0.25, 0.3) is 11.6 Å². The van der Waals surface area contributed by atoms with Crippen LogP contribution in [0.4, 0.5) is 0 Å². The van der Waals surface area contributed by atoms with Gasteiger partial charge in [0.1, 0.15) is 0 Å². The maximum atomic E-state index is 6.30. The number of aromatic nitrogens is 1. The van der Waals surface area contributed by atoms with E-state index in [2.05, 4.69) is 40.7 Å². The predicted molar refractivity (Wildman–Crippen MR) is 111 cm³/mol. The van der Waals surface area contributed by atoms with Crippen molar-refractivity contribution in [1.82, 2.24) is 4.98 Å². The summed E-state index contributed by atoms with van der Waals surface area (Å²) < 4.78 is 11.8. The molecule has 138 valence electrons. The van der Waals surface area contributed by atoms with Gasteiger partial charge in [-0.25, -0.2) is 0 Å². The number of methoxy groups -OCH3 is 1. The Balaban J connectivity index is 1.74. The number of benzene rings is 1. The lowest BCUT2D eigenvalue weighted by molar-refractivity contribution is 0.201. The number of hydrogen-bond acceptors (Lipinski definition) is 4. The van der Waals surface area contributed by atoms with Crippen molar-refractivity contribution >= 4 is 23.0 Å². The van der Waals surface area contributed by atoms with Crippen LogP contribution >= 0.6 is 11.3 Å². The number of pyridine rings is 1. The van der Waals surface area contributed by atoms with Gasteiger partial charge in [-0.05, 0) is 84.2 Å². The molecule has 2 heterocycles. The molecule has 0 amide bonds. The fraction of sp³-hybridized carbons (Fsp3) is 0.261. The van der Waals surface area contributed by atoms with Gasteiger partial charge in [0, 0.05) is 17.3 Å². The predicted octanol–water partition coefficient (Wildman–Crippen LogP) is 6.06. The normalized spacial score (nSPS) is 15.1. The first-order chi connectivity index (χ1) is 13.3. The van der Waals surface area contributed by atoms with Crippen LogP contribution in [0.5, 0.6) is 11.5 Å². The van der Waals surface area contributed by atoms with E-state index < -0.39 is 0 Å². The molecule has 1 aromatic carbocycles. The maximum absolute atomic E-state index is 6.30. The first-order valence-electron chi connectivity index (χ1n) is 9.34. The average Bonchev–Trinajstić information content (AvgIpc) is 3.41. The summed E-state index contributed by atoms with van der Waals surface area (Å²) in [5.74, 6) is 1.62. The molecule has 4 rings (SSSR count). The quantitative estimate of drug-likeness (QED) is 0.523. The van der Waals surface area contributed by atoms with E-state index in [0.717, 1.165) is 35.5 Å². The van der Waals surface area contributed by atoms with E-state index in [1.165, 1.54) is 23.3 Å². The van der Waals surface area contributed by atoms with E-state index in [9.17, 15) is 0 Å². The Morgan fingerprint density at radius 3 is 2.59 bits per heavy atom. The Morgan fingerprint density at radius 2 is 1.89 bits per heavy atom. The van der Waals surface area contributed by atoms with Gasteiger partial charge in [0.25, 0.3) is 0 Å². The molecule has 0 bridgehead atoms. The highest BCUT2D eigenvalue weighted by molar-refractivity contribution is 7.11. The van der Waals surface area contributed by atoms with Crippen molar-refractivity contribution in [3.05, 3.63) is 76.2 Å². The summed E-state index contributed by atoms with van der Waals surface area (Å²) >= 11 is 1.74. The molecular formula is C23H23NO2S. The topological polar surface area (TPSA) is 31.4 Å². The third kappa shape index (κ3) is 4.22. The first kappa shape index (κ1) is 17.8. The molecule has 1 aliphatic rings. The van der Waals surface area contributed by atoms with Gasteiger partial charge >= 0.3 is 0 Å². The molecule has 0 unspecified atom stereocenters. The Kier molecular flexibility index (Phi) is 5.54. The number of thiophene rings is 1. The van der Waals surface area contributed by atoms with E-state index in [-0.39, 0.29) is 0 Å². The van der Waals surface area contributed by atoms with Crippen LogP contribution in [-0.4, -0.2) is 18.2 Å². The fourth-order valence-corrected chi connectivity index (χ4v) is 4.24. The summed E-state index contributed by atoms with van der Waals surface area (Å²) in [5, 5.41) is 2.11. The molecule has 4 heteroatoms. The van der Waals surface area contributed by atoms with Crippen LogP contribution in [0.3, 0.4) is 0 Å². The molecular weight excluding hydrogens is 354 g/mol. The third-order valence-electron chi connectivity index (χ3n) is 4.87. The van der Waals surface area contributed by atoms with Crippen molar-refractivity contribution in [2.45, 2.75) is 31.8 Å². The summed E-state index contributed by atoms with van der Waals surface area (Å²) in [7, 11) is 1.70. The van der Waals surface area contributed by atoms with Gasteiger partial charge in [-0.2, -0.15) is 0 Å². The van der Waals surface area contributed by atoms with Crippen LogP contribution in [-0.2, 0) is 0 Å². The minimum absolute atomic E-state index is 0.295. The van der Waals surface area contributed by atoms with Crippen LogP contribution in [0, 0.1) is 0 Å². The molecule has 3 nitrogen and oxygen atoms in total. The first-order valence-corrected chi connectivity index (χ1v) is 10.2. The molecule has 1 aliphatic carbocycles. The van der Waals surface area contributed by atoms with E-state index in [1.807, 2.05) is 30.6 Å². The van der Waals surface area contributed by atoms with Gasteiger partial charge in [0.05, 0.1) is 13.2 Å². The maximum Gasteiger partial charge on any atom is 0.162 e. The summed E-state index contributed by atoms with van der Waals surface area (Å²) in [4.78, 5) is 5.34. The zero-order chi connectivity index (χ0) is 18.5. The van der Waals surface area contributed by atoms with E-state index in [4.69, 9.17) is 9.47 Å². The Bertz CT molecular complexity index is 897. The SMILES string of the molecule is COc1ccc(/C(=C/c2ccncc2)c2cccs2)cc1OC1CCCC1. The average molecular weight is 378 g/mol. The lowest BCUT2D eigenvalue weighted by atomic mass is 10.0. The molecule has 0 radical (unpaired) electrons. The van der Waals surface area contributed by atoms with Crippen molar-refractivity contribution in [3.8, 4) is 11.5 Å². The van der Waals surface area contributed by atoms with E-state index in [1.54, 1.807) is 18.4 Å². The van der Waals surface area contributed by atoms with E-state index in [0.29, 0.717) is 6.10 Å². The molecule has 27 heavy (non-hydrogen) atoms. The van der Waals surface area contributed by atoms with Crippen molar-refractivity contribution < 1.29 is 9.47 Å². The highest BCUT2D eigenvalue weighted by Crippen LogP contribution is 2.37. The molecule has 0 spiro atoms. The number of hydrogen-bond donors (Lipinski definition) is 0. The second-order valence-corrected chi connectivity index (χ2v) is 7.65. The van der Waals surface area contributed by atoms with Crippen LogP contribution < -0.4 is 9.47 Å². The zero-order valence-electron chi connectivity index (χ0n) is 15.4. The molecule has 2 aromatic heterocycles. The molecule has 1 saturated carbocycles. The molecule has 0 N–H and O–H groups in total. The summed E-state index contributed by atoms with van der Waals surface area (Å²) in [6, 6.07) is 14.5. The van der Waals surface area contributed by atoms with Gasteiger partial charge in [0.2, 0.25) is 0 Å². The summed E-state index contributed by atoms with van der Waals surface area (Å²) in [6.45, 7) is 0. The summed E-state index contributed by atoms with van der Waals surface area (Å²) in [6.07, 6.45) is 10.9. The smallest absolute Gasteiger partial charge is 0.162 e. The van der Waals surface area contributed by atoms with Gasteiger partial charge in [-0.1, -0.05) is 12.1 Å². The number of ether oxygens (including phenoxy) is 2. The highest BCUT2D eigenvalue weighted by Gasteiger charge is 2.19. The van der Waals surface area contributed by atoms with Crippen molar-refractivity contribution in [2.24, 2.45) is 0 Å². The molecule has 1 fully saturated rings. The van der Waals surface area contributed by atoms with Gasteiger partial charge in [-0.15, -0.1) is 11.3 Å². The van der Waals surface area contributed by atoms with Gasteiger partial charge in [0.15, 0.2) is 11.5 Å². The Morgan fingerprint density at radius 1 is 1.07 bits per heavy atom. The largest absolute Gasteiger partial charge is 0.493 e.